The third kappa shape index (κ3) is 2.91. The van der Waals surface area contributed by atoms with Gasteiger partial charge in [-0.05, 0) is 40.2 Å². The molecule has 0 saturated carbocycles. The van der Waals surface area contributed by atoms with E-state index >= 15 is 0 Å². The molecule has 2 nitrogen and oxygen atoms in total. The number of hydrogen-bond donors (Lipinski definition) is 1. The number of halogens is 2. The highest BCUT2D eigenvalue weighted by Crippen LogP contribution is 2.31. The van der Waals surface area contributed by atoms with Gasteiger partial charge in [0.05, 0.1) is 10.9 Å². The lowest BCUT2D eigenvalue weighted by Gasteiger charge is -2.15. The quantitative estimate of drug-likeness (QED) is 0.923. The molecule has 0 saturated heterocycles. The van der Waals surface area contributed by atoms with Gasteiger partial charge in [-0.2, -0.15) is 0 Å². The minimum Gasteiger partial charge on any atom is -0.496 e. The fraction of sp³-hybridized carbons (Fsp3) is 0.231. The van der Waals surface area contributed by atoms with E-state index in [1.807, 2.05) is 12.1 Å². The van der Waals surface area contributed by atoms with Crippen molar-refractivity contribution in [2.75, 3.05) is 7.11 Å². The maximum Gasteiger partial charge on any atom is 0.131 e. The zero-order valence-corrected chi connectivity index (χ0v) is 12.2. The van der Waals surface area contributed by atoms with Crippen molar-refractivity contribution in [3.05, 3.63) is 50.4 Å². The minimum absolute atomic E-state index is 0.322. The van der Waals surface area contributed by atoms with Gasteiger partial charge in [0.1, 0.15) is 11.6 Å². The van der Waals surface area contributed by atoms with Crippen LogP contribution in [0.2, 0.25) is 0 Å². The summed E-state index contributed by atoms with van der Waals surface area (Å²) in [7, 11) is 1.52. The van der Waals surface area contributed by atoms with E-state index in [2.05, 4.69) is 15.9 Å². The Hall–Kier alpha value is -0.910. The molecule has 1 aromatic carbocycles. The molecule has 5 heteroatoms. The molecule has 0 aliphatic rings. The molecular formula is C13H13BrFNOS. The minimum atomic E-state index is -0.410. The van der Waals surface area contributed by atoms with Crippen molar-refractivity contribution in [1.29, 1.82) is 0 Å². The number of methoxy groups -OCH3 is 1. The number of nitrogens with two attached hydrogens (primary N) is 1. The van der Waals surface area contributed by atoms with Gasteiger partial charge in [0.2, 0.25) is 0 Å². The molecule has 1 atom stereocenters. The summed E-state index contributed by atoms with van der Waals surface area (Å²) in [6.45, 7) is 0. The summed E-state index contributed by atoms with van der Waals surface area (Å²) in [5.41, 5.74) is 6.52. The Morgan fingerprint density at radius 1 is 1.39 bits per heavy atom. The Labute approximate surface area is 118 Å². The van der Waals surface area contributed by atoms with Gasteiger partial charge in [0, 0.05) is 22.9 Å². The third-order valence-corrected chi connectivity index (χ3v) is 4.30. The van der Waals surface area contributed by atoms with Crippen LogP contribution in [-0.2, 0) is 6.42 Å². The van der Waals surface area contributed by atoms with Gasteiger partial charge in [-0.25, -0.2) is 4.39 Å². The summed E-state index contributed by atoms with van der Waals surface area (Å²) in [6, 6.07) is 8.29. The number of rotatable bonds is 4. The monoisotopic (exact) mass is 329 g/mol. The summed E-state index contributed by atoms with van der Waals surface area (Å²) in [6.07, 6.45) is 0.591. The molecule has 2 N–H and O–H groups in total. The topological polar surface area (TPSA) is 35.2 Å². The summed E-state index contributed by atoms with van der Waals surface area (Å²) in [5, 5.41) is 0. The van der Waals surface area contributed by atoms with Gasteiger partial charge in [0.15, 0.2) is 0 Å². The molecule has 2 aromatic rings. The van der Waals surface area contributed by atoms with Crippen LogP contribution in [0.5, 0.6) is 5.75 Å². The van der Waals surface area contributed by atoms with Crippen molar-refractivity contribution in [2.24, 2.45) is 5.73 Å². The van der Waals surface area contributed by atoms with Crippen molar-refractivity contribution in [3.8, 4) is 5.75 Å². The van der Waals surface area contributed by atoms with E-state index < -0.39 is 6.04 Å². The molecule has 1 heterocycles. The molecule has 0 amide bonds. The average molecular weight is 330 g/mol. The molecule has 0 aliphatic carbocycles. The van der Waals surface area contributed by atoms with E-state index in [-0.39, 0.29) is 5.82 Å². The van der Waals surface area contributed by atoms with Crippen LogP contribution in [0.15, 0.2) is 34.1 Å². The Morgan fingerprint density at radius 2 is 2.17 bits per heavy atom. The lowest BCUT2D eigenvalue weighted by atomic mass is 10.0. The van der Waals surface area contributed by atoms with Crippen LogP contribution in [0.1, 0.15) is 16.5 Å². The van der Waals surface area contributed by atoms with Gasteiger partial charge in [-0.3, -0.25) is 0 Å². The first-order chi connectivity index (χ1) is 8.61. The van der Waals surface area contributed by atoms with Crippen molar-refractivity contribution in [3.63, 3.8) is 0 Å². The first kappa shape index (κ1) is 13.5. The zero-order valence-electron chi connectivity index (χ0n) is 9.82. The molecule has 96 valence electrons. The van der Waals surface area contributed by atoms with Crippen LogP contribution in [0.3, 0.4) is 0 Å². The van der Waals surface area contributed by atoms with E-state index in [1.165, 1.54) is 13.2 Å². The third-order valence-electron chi connectivity index (χ3n) is 2.65. The second kappa shape index (κ2) is 5.82. The normalized spacial score (nSPS) is 12.4. The lowest BCUT2D eigenvalue weighted by Crippen LogP contribution is -2.15. The molecule has 0 radical (unpaired) electrons. The molecule has 2 rings (SSSR count). The standard InChI is InChI=1S/C13H13BrFNOS/c1-17-11-4-2-3-9(15)13(11)10(16)7-8-5-6-12(14)18-8/h2-6,10H,7,16H2,1H3. The summed E-state index contributed by atoms with van der Waals surface area (Å²) in [4.78, 5) is 1.11. The van der Waals surface area contributed by atoms with E-state index in [9.17, 15) is 4.39 Å². The number of ether oxygens (including phenoxy) is 1. The number of benzene rings is 1. The number of thiophene rings is 1. The van der Waals surface area contributed by atoms with Crippen LogP contribution >= 0.6 is 27.3 Å². The van der Waals surface area contributed by atoms with Crippen LogP contribution in [0.25, 0.3) is 0 Å². The summed E-state index contributed by atoms with van der Waals surface area (Å²) in [5.74, 6) is 0.176. The van der Waals surface area contributed by atoms with Crippen LogP contribution in [-0.4, -0.2) is 7.11 Å². The SMILES string of the molecule is COc1cccc(F)c1C(N)Cc1ccc(Br)s1. The first-order valence-corrected chi connectivity index (χ1v) is 7.05. The smallest absolute Gasteiger partial charge is 0.131 e. The Morgan fingerprint density at radius 3 is 2.78 bits per heavy atom. The summed E-state index contributed by atoms with van der Waals surface area (Å²) < 4.78 is 20.0. The predicted octanol–water partition coefficient (Wildman–Crippen LogP) is 3.90. The Kier molecular flexibility index (Phi) is 4.37. The number of hydrogen-bond acceptors (Lipinski definition) is 3. The molecule has 0 bridgehead atoms. The Balaban J connectivity index is 2.25. The highest BCUT2D eigenvalue weighted by molar-refractivity contribution is 9.11. The lowest BCUT2D eigenvalue weighted by molar-refractivity contribution is 0.399. The molecule has 0 spiro atoms. The summed E-state index contributed by atoms with van der Waals surface area (Å²) >= 11 is 5.00. The van der Waals surface area contributed by atoms with Gasteiger partial charge in [-0.15, -0.1) is 11.3 Å². The first-order valence-electron chi connectivity index (χ1n) is 5.44. The molecule has 0 aliphatic heterocycles. The van der Waals surface area contributed by atoms with Crippen molar-refractivity contribution >= 4 is 27.3 Å². The van der Waals surface area contributed by atoms with E-state index in [0.717, 1.165) is 8.66 Å². The average Bonchev–Trinajstić information content (AvgIpc) is 2.74. The molecule has 0 fully saturated rings. The van der Waals surface area contributed by atoms with Crippen LogP contribution < -0.4 is 10.5 Å². The van der Waals surface area contributed by atoms with Crippen molar-refractivity contribution in [2.45, 2.75) is 12.5 Å². The Bertz CT molecular complexity index is 544. The zero-order chi connectivity index (χ0) is 13.1. The van der Waals surface area contributed by atoms with Gasteiger partial charge in [0.25, 0.3) is 0 Å². The molecule has 1 unspecified atom stereocenters. The fourth-order valence-corrected chi connectivity index (χ4v) is 3.38. The van der Waals surface area contributed by atoms with Crippen LogP contribution in [0, 0.1) is 5.82 Å². The maximum absolute atomic E-state index is 13.8. The predicted molar refractivity (Wildman–Crippen MR) is 75.6 cm³/mol. The largest absolute Gasteiger partial charge is 0.496 e. The van der Waals surface area contributed by atoms with E-state index in [1.54, 1.807) is 23.5 Å². The van der Waals surface area contributed by atoms with Gasteiger partial charge < -0.3 is 10.5 Å². The highest BCUT2D eigenvalue weighted by Gasteiger charge is 2.17. The molecular weight excluding hydrogens is 317 g/mol. The van der Waals surface area contributed by atoms with Crippen LogP contribution in [0.4, 0.5) is 4.39 Å². The van der Waals surface area contributed by atoms with Crippen molar-refractivity contribution < 1.29 is 9.13 Å². The van der Waals surface area contributed by atoms with E-state index in [4.69, 9.17) is 10.5 Å². The second-order valence-corrected chi connectivity index (χ2v) is 6.42. The van der Waals surface area contributed by atoms with Gasteiger partial charge >= 0.3 is 0 Å². The van der Waals surface area contributed by atoms with E-state index in [0.29, 0.717) is 17.7 Å². The molecule has 18 heavy (non-hydrogen) atoms. The maximum atomic E-state index is 13.8. The second-order valence-electron chi connectivity index (χ2n) is 3.87. The van der Waals surface area contributed by atoms with Crippen molar-refractivity contribution in [1.82, 2.24) is 0 Å². The fourth-order valence-electron chi connectivity index (χ4n) is 1.84. The molecule has 1 aromatic heterocycles. The highest BCUT2D eigenvalue weighted by atomic mass is 79.9. The van der Waals surface area contributed by atoms with Gasteiger partial charge in [-0.1, -0.05) is 6.07 Å².